The minimum Gasteiger partial charge on any atom is -0.473 e. The van der Waals surface area contributed by atoms with Crippen LogP contribution in [0.25, 0.3) is 10.9 Å². The van der Waals surface area contributed by atoms with Crippen molar-refractivity contribution < 1.29 is 9.47 Å². The smallest absolute Gasteiger partial charge is 0.236 e. The Bertz CT molecular complexity index is 1240. The van der Waals surface area contributed by atoms with E-state index in [1.807, 2.05) is 18.2 Å². The van der Waals surface area contributed by atoms with Crippen LogP contribution in [-0.4, -0.2) is 21.1 Å². The summed E-state index contributed by atoms with van der Waals surface area (Å²) in [7, 11) is 0. The summed E-state index contributed by atoms with van der Waals surface area (Å²) in [6.45, 7) is 4.87. The van der Waals surface area contributed by atoms with Gasteiger partial charge in [0, 0.05) is 23.5 Å². The van der Waals surface area contributed by atoms with Crippen molar-refractivity contribution in [3.05, 3.63) is 83.3 Å². The average Bonchev–Trinajstić information content (AvgIpc) is 3.28. The molecule has 0 aliphatic heterocycles. The number of nitrogens with zero attached hydrogens (tertiary/aromatic N) is 2. The lowest BCUT2D eigenvalue weighted by atomic mass is 9.98. The van der Waals surface area contributed by atoms with Crippen molar-refractivity contribution in [2.75, 3.05) is 0 Å². The minimum atomic E-state index is 0.211. The molecule has 1 aliphatic carbocycles. The summed E-state index contributed by atoms with van der Waals surface area (Å²) in [6, 6.07) is 18.6. The van der Waals surface area contributed by atoms with Crippen LogP contribution in [0.5, 0.6) is 11.8 Å². The SMILES string of the molecule is CC(C)Cc1nc(OC2CCCCC2)c(Cc2c[nH]c3ccccc23)nc1OCc1ccccc1. The molecule has 0 spiro atoms. The number of fused-ring (bicyclic) bond motifs is 1. The second kappa shape index (κ2) is 10.9. The zero-order valence-electron chi connectivity index (χ0n) is 20.8. The quantitative estimate of drug-likeness (QED) is 0.286. The third-order valence-electron chi connectivity index (χ3n) is 6.65. The maximum atomic E-state index is 6.55. The summed E-state index contributed by atoms with van der Waals surface area (Å²) >= 11 is 0. The Labute approximate surface area is 207 Å². The van der Waals surface area contributed by atoms with Crippen LogP contribution in [0.3, 0.4) is 0 Å². The number of hydrogen-bond acceptors (Lipinski definition) is 4. The number of aromatic nitrogens is 3. The number of hydrogen-bond donors (Lipinski definition) is 1. The predicted octanol–water partition coefficient (Wildman–Crippen LogP) is 7.04. The number of benzene rings is 2. The highest BCUT2D eigenvalue weighted by molar-refractivity contribution is 5.83. The molecule has 2 aromatic carbocycles. The van der Waals surface area contributed by atoms with Crippen LogP contribution in [-0.2, 0) is 19.4 Å². The second-order valence-corrected chi connectivity index (χ2v) is 10.0. The van der Waals surface area contributed by atoms with Crippen LogP contribution in [0, 0.1) is 5.92 Å². The maximum Gasteiger partial charge on any atom is 0.236 e. The number of H-pyrrole nitrogens is 1. The highest BCUT2D eigenvalue weighted by atomic mass is 16.5. The molecule has 0 amide bonds. The van der Waals surface area contributed by atoms with Crippen LogP contribution in [0.4, 0.5) is 0 Å². The first kappa shape index (κ1) is 23.4. The molecule has 5 rings (SSSR count). The molecule has 0 atom stereocenters. The first-order valence-electron chi connectivity index (χ1n) is 12.9. The standard InChI is InChI=1S/C30H35N3O2/c1-21(2)17-27-29(34-20-22-11-5-3-6-12-22)32-28(30(33-27)35-24-13-7-4-8-14-24)18-23-19-31-26-16-10-9-15-25(23)26/h3,5-6,9-12,15-16,19,21,24,31H,4,7-8,13-14,17-18,20H2,1-2H3. The van der Waals surface area contributed by atoms with E-state index in [9.17, 15) is 0 Å². The van der Waals surface area contributed by atoms with Crippen LogP contribution >= 0.6 is 0 Å². The Morgan fingerprint density at radius 2 is 1.63 bits per heavy atom. The van der Waals surface area contributed by atoms with E-state index in [0.29, 0.717) is 30.7 Å². The molecule has 0 radical (unpaired) electrons. The van der Waals surface area contributed by atoms with Gasteiger partial charge in [-0.1, -0.05) is 68.8 Å². The molecule has 0 unspecified atom stereocenters. The number of aromatic amines is 1. The van der Waals surface area contributed by atoms with E-state index in [-0.39, 0.29) is 6.10 Å². The summed E-state index contributed by atoms with van der Waals surface area (Å²) in [5.41, 5.74) is 5.15. The molecule has 1 fully saturated rings. The summed E-state index contributed by atoms with van der Waals surface area (Å²) in [6.07, 6.45) is 9.61. The lowest BCUT2D eigenvalue weighted by Crippen LogP contribution is -2.22. The largest absolute Gasteiger partial charge is 0.473 e. The van der Waals surface area contributed by atoms with Crippen LogP contribution in [0.1, 0.15) is 68.5 Å². The lowest BCUT2D eigenvalue weighted by Gasteiger charge is -2.24. The third-order valence-corrected chi connectivity index (χ3v) is 6.65. The van der Waals surface area contributed by atoms with E-state index in [2.05, 4.69) is 61.4 Å². The number of nitrogens with one attached hydrogen (secondary N) is 1. The Morgan fingerprint density at radius 3 is 2.43 bits per heavy atom. The molecule has 182 valence electrons. The molecule has 5 nitrogen and oxygen atoms in total. The van der Waals surface area contributed by atoms with Crippen LogP contribution < -0.4 is 9.47 Å². The van der Waals surface area contributed by atoms with Gasteiger partial charge in [0.05, 0.1) is 0 Å². The molecule has 5 heteroatoms. The number of rotatable bonds is 9. The highest BCUT2D eigenvalue weighted by Gasteiger charge is 2.22. The highest BCUT2D eigenvalue weighted by Crippen LogP contribution is 2.31. The third kappa shape index (κ3) is 5.84. The predicted molar refractivity (Wildman–Crippen MR) is 140 cm³/mol. The van der Waals surface area contributed by atoms with E-state index >= 15 is 0 Å². The zero-order chi connectivity index (χ0) is 24.0. The van der Waals surface area contributed by atoms with Crippen molar-refractivity contribution in [3.8, 4) is 11.8 Å². The van der Waals surface area contributed by atoms with Gasteiger partial charge in [-0.25, -0.2) is 9.97 Å². The summed E-state index contributed by atoms with van der Waals surface area (Å²) in [5.74, 6) is 1.73. The first-order chi connectivity index (χ1) is 17.2. The Morgan fingerprint density at radius 1 is 0.886 bits per heavy atom. The van der Waals surface area contributed by atoms with Crippen molar-refractivity contribution in [1.82, 2.24) is 15.0 Å². The zero-order valence-corrected chi connectivity index (χ0v) is 20.8. The topological polar surface area (TPSA) is 60.0 Å². The van der Waals surface area contributed by atoms with E-state index < -0.39 is 0 Å². The molecule has 1 aliphatic rings. The van der Waals surface area contributed by atoms with Crippen molar-refractivity contribution in [1.29, 1.82) is 0 Å². The van der Waals surface area contributed by atoms with E-state index in [0.717, 1.165) is 41.7 Å². The second-order valence-electron chi connectivity index (χ2n) is 10.0. The molecule has 2 aromatic heterocycles. The fraction of sp³-hybridized carbons (Fsp3) is 0.400. The molecule has 1 saturated carbocycles. The Balaban J connectivity index is 1.51. The first-order valence-corrected chi connectivity index (χ1v) is 12.9. The van der Waals surface area contributed by atoms with Crippen molar-refractivity contribution >= 4 is 10.9 Å². The van der Waals surface area contributed by atoms with Gasteiger partial charge in [0.25, 0.3) is 0 Å². The fourth-order valence-corrected chi connectivity index (χ4v) is 4.84. The van der Waals surface area contributed by atoms with E-state index in [1.54, 1.807) is 0 Å². The van der Waals surface area contributed by atoms with Crippen molar-refractivity contribution in [3.63, 3.8) is 0 Å². The van der Waals surface area contributed by atoms with Gasteiger partial charge >= 0.3 is 0 Å². The van der Waals surface area contributed by atoms with Crippen LogP contribution in [0.2, 0.25) is 0 Å². The van der Waals surface area contributed by atoms with Gasteiger partial charge in [-0.3, -0.25) is 0 Å². The summed E-state index contributed by atoms with van der Waals surface area (Å²) in [4.78, 5) is 13.5. The average molecular weight is 470 g/mol. The maximum absolute atomic E-state index is 6.55. The molecule has 4 aromatic rings. The summed E-state index contributed by atoms with van der Waals surface area (Å²) in [5, 5.41) is 1.20. The fourth-order valence-electron chi connectivity index (χ4n) is 4.84. The van der Waals surface area contributed by atoms with Gasteiger partial charge in [-0.05, 0) is 55.2 Å². The normalized spacial score (nSPS) is 14.5. The van der Waals surface area contributed by atoms with Gasteiger partial charge in [0.1, 0.15) is 24.1 Å². The molecule has 0 bridgehead atoms. The van der Waals surface area contributed by atoms with Crippen molar-refractivity contribution in [2.24, 2.45) is 5.92 Å². The molecule has 2 heterocycles. The summed E-state index contributed by atoms with van der Waals surface area (Å²) < 4.78 is 12.8. The van der Waals surface area contributed by atoms with Crippen molar-refractivity contribution in [2.45, 2.75) is 71.5 Å². The minimum absolute atomic E-state index is 0.211. The Kier molecular flexibility index (Phi) is 7.31. The van der Waals surface area contributed by atoms with E-state index in [4.69, 9.17) is 19.4 Å². The Hall–Kier alpha value is -3.34. The van der Waals surface area contributed by atoms with Gasteiger partial charge in [-0.2, -0.15) is 0 Å². The lowest BCUT2D eigenvalue weighted by molar-refractivity contribution is 0.145. The monoisotopic (exact) mass is 469 g/mol. The van der Waals surface area contributed by atoms with Gasteiger partial charge < -0.3 is 14.5 Å². The van der Waals surface area contributed by atoms with Gasteiger partial charge in [0.15, 0.2) is 0 Å². The number of para-hydroxylation sites is 1. The van der Waals surface area contributed by atoms with Gasteiger partial charge in [0.2, 0.25) is 11.8 Å². The molecular weight excluding hydrogens is 434 g/mol. The molecular formula is C30H35N3O2. The van der Waals surface area contributed by atoms with E-state index in [1.165, 1.54) is 30.2 Å². The van der Waals surface area contributed by atoms with Crippen LogP contribution in [0.15, 0.2) is 60.8 Å². The molecule has 1 N–H and O–H groups in total. The molecule has 35 heavy (non-hydrogen) atoms. The number of ether oxygens (including phenoxy) is 2. The van der Waals surface area contributed by atoms with Gasteiger partial charge in [-0.15, -0.1) is 0 Å². The molecule has 0 saturated heterocycles.